The van der Waals surface area contributed by atoms with Crippen LogP contribution < -0.4 is 0 Å². The number of aryl methyl sites for hydroxylation is 1. The van der Waals surface area contributed by atoms with Crippen molar-refractivity contribution in [1.29, 1.82) is 0 Å². The highest BCUT2D eigenvalue weighted by Crippen LogP contribution is 2.47. The number of allylic oxidation sites excluding steroid dienone is 1. The first-order valence-electron chi connectivity index (χ1n) is 8.35. The van der Waals surface area contributed by atoms with E-state index in [-0.39, 0.29) is 29.2 Å². The fourth-order valence-electron chi connectivity index (χ4n) is 3.99. The van der Waals surface area contributed by atoms with Crippen molar-refractivity contribution in [3.63, 3.8) is 0 Å². The van der Waals surface area contributed by atoms with Gasteiger partial charge in [-0.3, -0.25) is 4.79 Å². The summed E-state index contributed by atoms with van der Waals surface area (Å²) in [4.78, 5) is 12.6. The Kier molecular flexibility index (Phi) is 4.84. The van der Waals surface area contributed by atoms with E-state index in [9.17, 15) is 13.2 Å². The molecular weight excluding hydrogens is 338 g/mol. The van der Waals surface area contributed by atoms with E-state index in [0.29, 0.717) is 0 Å². The molecule has 0 radical (unpaired) electrons. The molecule has 1 fully saturated rings. The molecule has 0 aromatic heterocycles. The Morgan fingerprint density at radius 1 is 1.28 bits per heavy atom. The molecule has 1 saturated carbocycles. The van der Waals surface area contributed by atoms with Gasteiger partial charge in [0.1, 0.15) is 0 Å². The van der Waals surface area contributed by atoms with Gasteiger partial charge >= 0.3 is 5.97 Å². The smallest absolute Gasteiger partial charge is 0.310 e. The lowest BCUT2D eigenvalue weighted by Crippen LogP contribution is -2.49. The highest BCUT2D eigenvalue weighted by Gasteiger charge is 2.53. The first kappa shape index (κ1) is 17.9. The second-order valence-electron chi connectivity index (χ2n) is 6.66. The summed E-state index contributed by atoms with van der Waals surface area (Å²) in [5, 5.41) is 0. The molecule has 5 nitrogen and oxygen atoms in total. The Bertz CT molecular complexity index is 797. The molecule has 25 heavy (non-hydrogen) atoms. The largest absolute Gasteiger partial charge is 0.469 e. The molecule has 3 rings (SSSR count). The van der Waals surface area contributed by atoms with Gasteiger partial charge in [0.15, 0.2) is 0 Å². The van der Waals surface area contributed by atoms with Crippen LogP contribution in [0.25, 0.3) is 0 Å². The summed E-state index contributed by atoms with van der Waals surface area (Å²) in [6, 6.07) is 6.33. The molecule has 0 heterocycles. The lowest BCUT2D eigenvalue weighted by atomic mass is 9.89. The summed E-state index contributed by atoms with van der Waals surface area (Å²) < 4.78 is 32.9. The van der Waals surface area contributed by atoms with Crippen LogP contribution in [0.5, 0.6) is 0 Å². The second kappa shape index (κ2) is 6.77. The lowest BCUT2D eigenvalue weighted by Gasteiger charge is -2.35. The average molecular weight is 361 g/mol. The topological polar surface area (TPSA) is 63.7 Å². The zero-order chi connectivity index (χ0) is 18.2. The van der Waals surface area contributed by atoms with Gasteiger partial charge in [0.05, 0.1) is 17.9 Å². The van der Waals surface area contributed by atoms with Crippen LogP contribution >= 0.6 is 0 Å². The number of carbonyl (C=O) groups excluding carboxylic acids is 1. The van der Waals surface area contributed by atoms with Crippen molar-refractivity contribution < 1.29 is 17.9 Å². The number of benzene rings is 1. The molecule has 134 valence electrons. The van der Waals surface area contributed by atoms with E-state index < -0.39 is 22.0 Å². The molecule has 2 aliphatic carbocycles. The zero-order valence-corrected chi connectivity index (χ0v) is 15.3. The third kappa shape index (κ3) is 3.04. The van der Waals surface area contributed by atoms with Crippen molar-refractivity contribution in [1.82, 2.24) is 4.31 Å². The van der Waals surface area contributed by atoms with Crippen LogP contribution in [0.15, 0.2) is 54.0 Å². The SMILES string of the molecule is C=CCN(C1C2C=CC(C2)C1C(=O)OC)S(=O)(=O)c1ccc(C)cc1. The number of hydrogen-bond donors (Lipinski definition) is 0. The normalized spacial score (nSPS) is 27.6. The predicted molar refractivity (Wildman–Crippen MR) is 95.3 cm³/mol. The van der Waals surface area contributed by atoms with Gasteiger partial charge < -0.3 is 4.74 Å². The number of carbonyl (C=O) groups is 1. The van der Waals surface area contributed by atoms with Gasteiger partial charge in [-0.15, -0.1) is 6.58 Å². The van der Waals surface area contributed by atoms with Gasteiger partial charge in [-0.2, -0.15) is 4.31 Å². The first-order chi connectivity index (χ1) is 11.9. The van der Waals surface area contributed by atoms with Crippen LogP contribution in [-0.2, 0) is 19.6 Å². The maximum absolute atomic E-state index is 13.3. The highest BCUT2D eigenvalue weighted by molar-refractivity contribution is 7.89. The summed E-state index contributed by atoms with van der Waals surface area (Å²) in [6.07, 6.45) is 6.38. The Labute approximate surface area is 149 Å². The standard InChI is InChI=1S/C19H23NO4S/c1-4-11-20(25(22,23)16-9-5-13(2)6-10-16)18-15-8-7-14(12-15)17(18)19(21)24-3/h4-10,14-15,17-18H,1,11-12H2,2-3H3. The number of fused-ring (bicyclic) bond motifs is 2. The van der Waals surface area contributed by atoms with E-state index in [1.165, 1.54) is 11.4 Å². The fourth-order valence-corrected chi connectivity index (χ4v) is 5.65. The van der Waals surface area contributed by atoms with Crippen molar-refractivity contribution >= 4 is 16.0 Å². The molecule has 6 heteroatoms. The van der Waals surface area contributed by atoms with Crippen LogP contribution in [0.1, 0.15) is 12.0 Å². The first-order valence-corrected chi connectivity index (χ1v) is 9.79. The molecule has 2 bridgehead atoms. The average Bonchev–Trinajstić information content (AvgIpc) is 3.20. The van der Waals surface area contributed by atoms with Crippen molar-refractivity contribution in [2.45, 2.75) is 24.3 Å². The van der Waals surface area contributed by atoms with Crippen LogP contribution in [0.4, 0.5) is 0 Å². The number of nitrogens with zero attached hydrogens (tertiary/aromatic N) is 1. The molecule has 1 aromatic carbocycles. The van der Waals surface area contributed by atoms with Crippen molar-refractivity contribution in [2.75, 3.05) is 13.7 Å². The monoisotopic (exact) mass is 361 g/mol. The quantitative estimate of drug-likeness (QED) is 0.577. The highest BCUT2D eigenvalue weighted by atomic mass is 32.2. The molecule has 4 atom stereocenters. The Morgan fingerprint density at radius 2 is 1.92 bits per heavy atom. The van der Waals surface area contributed by atoms with E-state index >= 15 is 0 Å². The molecule has 0 N–H and O–H groups in total. The third-order valence-electron chi connectivity index (χ3n) is 5.16. The van der Waals surface area contributed by atoms with Crippen LogP contribution in [0, 0.1) is 24.7 Å². The summed E-state index contributed by atoms with van der Waals surface area (Å²) in [5.41, 5.74) is 0.990. The number of methoxy groups -OCH3 is 1. The van der Waals surface area contributed by atoms with Gasteiger partial charge in [-0.25, -0.2) is 8.42 Å². The summed E-state index contributed by atoms with van der Waals surface area (Å²) in [7, 11) is -2.39. The van der Waals surface area contributed by atoms with Gasteiger partial charge in [-0.05, 0) is 37.3 Å². The summed E-state index contributed by atoms with van der Waals surface area (Å²) >= 11 is 0. The number of rotatable bonds is 6. The minimum absolute atomic E-state index is 0.0225. The van der Waals surface area contributed by atoms with E-state index in [0.717, 1.165) is 12.0 Å². The minimum Gasteiger partial charge on any atom is -0.469 e. The van der Waals surface area contributed by atoms with Gasteiger partial charge in [0.25, 0.3) is 0 Å². The van der Waals surface area contributed by atoms with Gasteiger partial charge in [-0.1, -0.05) is 35.9 Å². The Hall–Kier alpha value is -1.92. The van der Waals surface area contributed by atoms with E-state index in [1.807, 2.05) is 19.1 Å². The van der Waals surface area contributed by atoms with Crippen LogP contribution in [0.2, 0.25) is 0 Å². The Balaban J connectivity index is 2.03. The number of esters is 1. The summed E-state index contributed by atoms with van der Waals surface area (Å²) in [6.45, 7) is 5.77. The van der Waals surface area contributed by atoms with E-state index in [1.54, 1.807) is 30.3 Å². The van der Waals surface area contributed by atoms with Crippen molar-refractivity contribution in [3.8, 4) is 0 Å². The molecule has 0 amide bonds. The molecule has 0 spiro atoms. The van der Waals surface area contributed by atoms with E-state index in [2.05, 4.69) is 6.58 Å². The fraction of sp³-hybridized carbons (Fsp3) is 0.421. The van der Waals surface area contributed by atoms with Crippen LogP contribution in [0.3, 0.4) is 0 Å². The number of ether oxygens (including phenoxy) is 1. The maximum Gasteiger partial charge on any atom is 0.310 e. The molecule has 0 saturated heterocycles. The summed E-state index contributed by atoms with van der Waals surface area (Å²) in [5.74, 6) is -0.771. The van der Waals surface area contributed by atoms with Crippen LogP contribution in [-0.4, -0.2) is 38.4 Å². The number of hydrogen-bond acceptors (Lipinski definition) is 4. The zero-order valence-electron chi connectivity index (χ0n) is 14.5. The number of sulfonamides is 1. The lowest BCUT2D eigenvalue weighted by molar-refractivity contribution is -0.147. The third-order valence-corrected chi connectivity index (χ3v) is 7.04. The molecular formula is C19H23NO4S. The molecule has 0 aliphatic heterocycles. The molecule has 1 aromatic rings. The van der Waals surface area contributed by atoms with Gasteiger partial charge in [0.2, 0.25) is 10.0 Å². The van der Waals surface area contributed by atoms with Crippen molar-refractivity contribution in [2.24, 2.45) is 17.8 Å². The van der Waals surface area contributed by atoms with Gasteiger partial charge in [0, 0.05) is 12.6 Å². The van der Waals surface area contributed by atoms with Crippen molar-refractivity contribution in [3.05, 3.63) is 54.6 Å². The molecule has 2 aliphatic rings. The van der Waals surface area contributed by atoms with E-state index in [4.69, 9.17) is 4.74 Å². The Morgan fingerprint density at radius 3 is 2.52 bits per heavy atom. The maximum atomic E-state index is 13.3. The predicted octanol–water partition coefficient (Wildman–Crippen LogP) is 2.54. The second-order valence-corrected chi connectivity index (χ2v) is 8.55. The minimum atomic E-state index is -3.74. The molecule has 4 unspecified atom stereocenters.